The smallest absolute Gasteiger partial charge is 0.114 e. The molecular weight excluding hydrogens is 380 g/mol. The maximum absolute atomic E-state index is 9.94. The average molecular weight is 427 g/mol. The predicted molar refractivity (Wildman–Crippen MR) is 138 cm³/mol. The van der Waals surface area contributed by atoms with Crippen molar-refractivity contribution in [2.24, 2.45) is 5.41 Å². The standard InChI is InChI=1S/C29H46O2/c1-7-12-14-15-16-18-24-29(23-17-13-8-2,26(9-3)20-19-25(6)30)27(10-4)21-22-28(31)11-5/h9-11,19-22,30-31H,4-8,12-18,23-24H2,1-3H3/b20-19-,26-9+,27-21+,28-22+. The molecule has 0 rings (SSSR count). The largest absolute Gasteiger partial charge is 0.509 e. The number of aliphatic hydroxyl groups excluding tert-OH is 2. The summed E-state index contributed by atoms with van der Waals surface area (Å²) in [5.74, 6) is 0.192. The van der Waals surface area contributed by atoms with Gasteiger partial charge in [0, 0.05) is 5.41 Å². The number of aliphatic hydroxyl groups is 2. The van der Waals surface area contributed by atoms with Gasteiger partial charge in [-0.05, 0) is 49.1 Å². The van der Waals surface area contributed by atoms with Crippen molar-refractivity contribution in [3.63, 3.8) is 0 Å². The maximum atomic E-state index is 9.94. The Morgan fingerprint density at radius 2 is 1.29 bits per heavy atom. The van der Waals surface area contributed by atoms with Crippen molar-refractivity contribution in [2.75, 3.05) is 0 Å². The molecule has 0 aliphatic rings. The minimum atomic E-state index is -0.222. The molecule has 0 aromatic rings. The van der Waals surface area contributed by atoms with Crippen molar-refractivity contribution in [1.82, 2.24) is 0 Å². The van der Waals surface area contributed by atoms with E-state index in [1.54, 1.807) is 12.2 Å². The predicted octanol–water partition coefficient (Wildman–Crippen LogP) is 9.62. The molecule has 2 heteroatoms. The molecule has 0 radical (unpaired) electrons. The zero-order valence-corrected chi connectivity index (χ0v) is 20.3. The number of allylic oxidation sites excluding steroid dienone is 9. The monoisotopic (exact) mass is 426 g/mol. The highest BCUT2D eigenvalue weighted by Gasteiger charge is 2.34. The third kappa shape index (κ3) is 11.1. The Labute approximate surface area is 192 Å². The summed E-state index contributed by atoms with van der Waals surface area (Å²) < 4.78 is 0. The summed E-state index contributed by atoms with van der Waals surface area (Å²) in [6.45, 7) is 17.9. The van der Waals surface area contributed by atoms with Crippen molar-refractivity contribution in [1.29, 1.82) is 0 Å². The topological polar surface area (TPSA) is 40.5 Å². The van der Waals surface area contributed by atoms with Crippen molar-refractivity contribution in [2.45, 2.75) is 91.4 Å². The molecule has 0 aromatic heterocycles. The van der Waals surface area contributed by atoms with Gasteiger partial charge in [-0.1, -0.05) is 116 Å². The Hall–Kier alpha value is -2.22. The molecule has 0 fully saturated rings. The van der Waals surface area contributed by atoms with Gasteiger partial charge in [0.1, 0.15) is 11.5 Å². The molecule has 0 saturated heterocycles. The fourth-order valence-corrected chi connectivity index (χ4v) is 4.14. The van der Waals surface area contributed by atoms with Gasteiger partial charge in [-0.2, -0.15) is 0 Å². The molecule has 0 spiro atoms. The number of rotatable bonds is 18. The molecule has 0 aliphatic carbocycles. The molecule has 0 bridgehead atoms. The van der Waals surface area contributed by atoms with Gasteiger partial charge in [0.15, 0.2) is 0 Å². The van der Waals surface area contributed by atoms with Crippen LogP contribution >= 0.6 is 0 Å². The Balaban J connectivity index is 6.21. The highest BCUT2D eigenvalue weighted by Crippen LogP contribution is 2.47. The number of unbranched alkanes of at least 4 members (excludes halogenated alkanes) is 7. The quantitative estimate of drug-likeness (QED) is 0.130. The van der Waals surface area contributed by atoms with E-state index in [9.17, 15) is 10.2 Å². The molecule has 0 amide bonds. The van der Waals surface area contributed by atoms with Crippen molar-refractivity contribution in [3.8, 4) is 0 Å². The van der Waals surface area contributed by atoms with E-state index in [4.69, 9.17) is 0 Å². The van der Waals surface area contributed by atoms with Gasteiger partial charge in [0.2, 0.25) is 0 Å². The molecule has 0 aromatic carbocycles. The molecule has 174 valence electrons. The molecule has 2 nitrogen and oxygen atoms in total. The van der Waals surface area contributed by atoms with E-state index < -0.39 is 0 Å². The Morgan fingerprint density at radius 3 is 1.81 bits per heavy atom. The van der Waals surface area contributed by atoms with Crippen LogP contribution in [0, 0.1) is 5.41 Å². The van der Waals surface area contributed by atoms with Crippen LogP contribution in [0.3, 0.4) is 0 Å². The first-order chi connectivity index (χ1) is 14.9. The fourth-order valence-electron chi connectivity index (χ4n) is 4.14. The lowest BCUT2D eigenvalue weighted by molar-refractivity contribution is 0.344. The molecule has 1 atom stereocenters. The first kappa shape index (κ1) is 28.8. The van der Waals surface area contributed by atoms with Crippen LogP contribution in [0.1, 0.15) is 91.4 Å². The lowest BCUT2D eigenvalue weighted by Gasteiger charge is -2.37. The zero-order valence-electron chi connectivity index (χ0n) is 20.3. The van der Waals surface area contributed by atoms with E-state index >= 15 is 0 Å². The summed E-state index contributed by atoms with van der Waals surface area (Å²) in [6.07, 6.45) is 25.7. The van der Waals surface area contributed by atoms with Crippen LogP contribution in [0.5, 0.6) is 0 Å². The summed E-state index contributed by atoms with van der Waals surface area (Å²) >= 11 is 0. The lowest BCUT2D eigenvalue weighted by Crippen LogP contribution is -2.25. The first-order valence-electron chi connectivity index (χ1n) is 12.0. The second-order valence-electron chi connectivity index (χ2n) is 8.25. The second kappa shape index (κ2) is 17.5. The van der Waals surface area contributed by atoms with Crippen LogP contribution in [-0.4, -0.2) is 10.2 Å². The fraction of sp³-hybridized carbons (Fsp3) is 0.517. The third-order valence-electron chi connectivity index (χ3n) is 5.90. The van der Waals surface area contributed by atoms with E-state index in [-0.39, 0.29) is 16.9 Å². The highest BCUT2D eigenvalue weighted by molar-refractivity contribution is 5.44. The van der Waals surface area contributed by atoms with Crippen LogP contribution in [0.15, 0.2) is 84.9 Å². The van der Waals surface area contributed by atoms with Crippen LogP contribution < -0.4 is 0 Å². The minimum absolute atomic E-state index is 0.0507. The summed E-state index contributed by atoms with van der Waals surface area (Å²) in [6, 6.07) is 0. The molecule has 1 unspecified atom stereocenters. The molecule has 2 N–H and O–H groups in total. The van der Waals surface area contributed by atoms with Crippen LogP contribution in [0.25, 0.3) is 0 Å². The normalized spacial score (nSPS) is 15.1. The van der Waals surface area contributed by atoms with E-state index in [0.29, 0.717) is 0 Å². The summed E-state index contributed by atoms with van der Waals surface area (Å²) in [4.78, 5) is 0. The molecule has 0 aliphatic heterocycles. The minimum Gasteiger partial charge on any atom is -0.509 e. The van der Waals surface area contributed by atoms with Crippen molar-refractivity contribution < 1.29 is 10.2 Å². The van der Waals surface area contributed by atoms with E-state index in [2.05, 4.69) is 39.7 Å². The lowest BCUT2D eigenvalue weighted by atomic mass is 9.66. The van der Waals surface area contributed by atoms with E-state index in [1.807, 2.05) is 25.2 Å². The van der Waals surface area contributed by atoms with Crippen LogP contribution in [0.4, 0.5) is 0 Å². The molecular formula is C29H46O2. The van der Waals surface area contributed by atoms with Crippen LogP contribution in [0.2, 0.25) is 0 Å². The molecule has 31 heavy (non-hydrogen) atoms. The van der Waals surface area contributed by atoms with Gasteiger partial charge in [-0.25, -0.2) is 0 Å². The van der Waals surface area contributed by atoms with Gasteiger partial charge in [-0.3, -0.25) is 0 Å². The maximum Gasteiger partial charge on any atom is 0.114 e. The highest BCUT2D eigenvalue weighted by atomic mass is 16.3. The zero-order chi connectivity index (χ0) is 23.5. The Bertz CT molecular complexity index is 660. The van der Waals surface area contributed by atoms with Crippen molar-refractivity contribution >= 4 is 0 Å². The first-order valence-corrected chi connectivity index (χ1v) is 12.0. The SMILES string of the molecule is C=C/C(O)=C\C=C(/C=C)C(CCCCC)(CCCCCCCC)C(/C=C\C(=C)O)=C/C. The van der Waals surface area contributed by atoms with E-state index in [0.717, 1.165) is 43.3 Å². The number of hydrogen-bond donors (Lipinski definition) is 2. The van der Waals surface area contributed by atoms with Gasteiger partial charge < -0.3 is 10.2 Å². The average Bonchev–Trinajstić information content (AvgIpc) is 2.76. The Kier molecular flexibility index (Phi) is 16.2. The van der Waals surface area contributed by atoms with Gasteiger partial charge in [0.25, 0.3) is 0 Å². The third-order valence-corrected chi connectivity index (χ3v) is 5.90. The van der Waals surface area contributed by atoms with Gasteiger partial charge in [0.05, 0.1) is 0 Å². The second-order valence-corrected chi connectivity index (χ2v) is 8.25. The van der Waals surface area contributed by atoms with Crippen LogP contribution in [-0.2, 0) is 0 Å². The van der Waals surface area contributed by atoms with Crippen molar-refractivity contribution in [3.05, 3.63) is 84.9 Å². The van der Waals surface area contributed by atoms with E-state index in [1.165, 1.54) is 44.6 Å². The molecule has 0 heterocycles. The summed E-state index contributed by atoms with van der Waals surface area (Å²) in [5.41, 5.74) is 2.03. The van der Waals surface area contributed by atoms with Gasteiger partial charge in [-0.15, -0.1) is 0 Å². The summed E-state index contributed by atoms with van der Waals surface area (Å²) in [7, 11) is 0. The molecule has 0 saturated carbocycles. The summed E-state index contributed by atoms with van der Waals surface area (Å²) in [5, 5.41) is 19.6. The number of hydrogen-bond acceptors (Lipinski definition) is 2. The Morgan fingerprint density at radius 1 is 0.742 bits per heavy atom. The van der Waals surface area contributed by atoms with Gasteiger partial charge >= 0.3 is 0 Å².